The van der Waals surface area contributed by atoms with Crippen LogP contribution in [0.15, 0.2) is 23.1 Å². The van der Waals surface area contributed by atoms with Crippen molar-refractivity contribution in [2.75, 3.05) is 18.1 Å². The van der Waals surface area contributed by atoms with Gasteiger partial charge in [0, 0.05) is 37.4 Å². The van der Waals surface area contributed by atoms with Crippen molar-refractivity contribution >= 4 is 27.1 Å². The number of carbonyl (C=O) groups excluding carboxylic acids is 1. The molecule has 1 saturated carbocycles. The molecule has 1 aromatic rings. The van der Waals surface area contributed by atoms with Crippen LogP contribution in [0.4, 0.5) is 11.4 Å². The van der Waals surface area contributed by atoms with Gasteiger partial charge in [0.25, 0.3) is 5.69 Å². The van der Waals surface area contributed by atoms with Gasteiger partial charge in [-0.3, -0.25) is 14.9 Å². The van der Waals surface area contributed by atoms with Crippen molar-refractivity contribution in [2.24, 2.45) is 0 Å². The van der Waals surface area contributed by atoms with Gasteiger partial charge in [-0.2, -0.15) is 0 Å². The van der Waals surface area contributed by atoms with Gasteiger partial charge in [0.15, 0.2) is 9.84 Å². The molecule has 0 atom stereocenters. The van der Waals surface area contributed by atoms with E-state index in [2.05, 4.69) is 10.6 Å². The predicted octanol–water partition coefficient (Wildman–Crippen LogP) is 1.86. The number of anilines is 1. The topological polar surface area (TPSA) is 118 Å². The van der Waals surface area contributed by atoms with Crippen LogP contribution >= 0.6 is 0 Å². The highest BCUT2D eigenvalue weighted by molar-refractivity contribution is 7.90. The molecule has 0 heterocycles. The fourth-order valence-electron chi connectivity index (χ4n) is 2.76. The van der Waals surface area contributed by atoms with E-state index in [1.54, 1.807) is 0 Å². The van der Waals surface area contributed by atoms with Crippen LogP contribution in [-0.4, -0.2) is 38.1 Å². The van der Waals surface area contributed by atoms with E-state index in [9.17, 15) is 23.3 Å². The molecular formula is C15H21N3O5S. The lowest BCUT2D eigenvalue weighted by atomic mass is 10.2. The largest absolute Gasteiger partial charge is 0.383 e. The SMILES string of the molecule is CS(=O)(=O)c1cc([N+](=O)[O-])ccc1NCCC(=O)NC1CCCC1. The van der Waals surface area contributed by atoms with E-state index in [-0.39, 0.29) is 41.2 Å². The van der Waals surface area contributed by atoms with Crippen LogP contribution in [-0.2, 0) is 14.6 Å². The second-order valence-electron chi connectivity index (χ2n) is 5.94. The standard InChI is InChI=1S/C15H21N3O5S/c1-24(22,23)14-10-12(18(20)21)6-7-13(14)16-9-8-15(19)17-11-4-2-3-5-11/h6-7,10-11,16H,2-5,8-9H2,1H3,(H,17,19). The van der Waals surface area contributed by atoms with E-state index in [0.29, 0.717) is 0 Å². The molecule has 1 aromatic carbocycles. The molecule has 0 aromatic heterocycles. The van der Waals surface area contributed by atoms with Crippen LogP contribution in [0, 0.1) is 10.1 Å². The molecule has 8 nitrogen and oxygen atoms in total. The Bertz CT molecular complexity index is 727. The van der Waals surface area contributed by atoms with Gasteiger partial charge >= 0.3 is 0 Å². The summed E-state index contributed by atoms with van der Waals surface area (Å²) in [6.45, 7) is 0.249. The molecular weight excluding hydrogens is 334 g/mol. The molecule has 0 radical (unpaired) electrons. The van der Waals surface area contributed by atoms with Gasteiger partial charge in [-0.25, -0.2) is 8.42 Å². The van der Waals surface area contributed by atoms with Gasteiger partial charge in [0.1, 0.15) is 0 Å². The van der Waals surface area contributed by atoms with E-state index in [1.807, 2.05) is 0 Å². The van der Waals surface area contributed by atoms with Crippen LogP contribution in [0.25, 0.3) is 0 Å². The average Bonchev–Trinajstić information content (AvgIpc) is 2.99. The predicted molar refractivity (Wildman–Crippen MR) is 89.7 cm³/mol. The van der Waals surface area contributed by atoms with E-state index in [4.69, 9.17) is 0 Å². The van der Waals surface area contributed by atoms with Crippen LogP contribution < -0.4 is 10.6 Å². The molecule has 1 aliphatic carbocycles. The first-order valence-corrected chi connectivity index (χ1v) is 9.68. The maximum Gasteiger partial charge on any atom is 0.270 e. The fourth-order valence-corrected chi connectivity index (χ4v) is 3.63. The first kappa shape index (κ1) is 18.2. The molecule has 9 heteroatoms. The van der Waals surface area contributed by atoms with Gasteiger partial charge in [0.2, 0.25) is 5.91 Å². The van der Waals surface area contributed by atoms with E-state index in [0.717, 1.165) is 38.0 Å². The normalized spacial score (nSPS) is 15.2. The first-order chi connectivity index (χ1) is 11.3. The number of benzene rings is 1. The summed E-state index contributed by atoms with van der Waals surface area (Å²) in [5, 5.41) is 16.6. The molecule has 0 aliphatic heterocycles. The zero-order valence-electron chi connectivity index (χ0n) is 13.4. The molecule has 24 heavy (non-hydrogen) atoms. The number of rotatable bonds is 7. The molecule has 1 amide bonds. The van der Waals surface area contributed by atoms with Crippen molar-refractivity contribution in [2.45, 2.75) is 43.0 Å². The lowest BCUT2D eigenvalue weighted by Gasteiger charge is -2.13. The van der Waals surface area contributed by atoms with Crippen molar-refractivity contribution in [3.63, 3.8) is 0 Å². The number of non-ortho nitro benzene ring substituents is 1. The molecule has 132 valence electrons. The minimum atomic E-state index is -3.63. The number of hydrogen-bond acceptors (Lipinski definition) is 6. The van der Waals surface area contributed by atoms with Crippen molar-refractivity contribution in [3.8, 4) is 0 Å². The Morgan fingerprint density at radius 1 is 1.33 bits per heavy atom. The number of hydrogen-bond donors (Lipinski definition) is 2. The van der Waals surface area contributed by atoms with E-state index >= 15 is 0 Å². The summed E-state index contributed by atoms with van der Waals surface area (Å²) in [6, 6.07) is 3.85. The third-order valence-electron chi connectivity index (χ3n) is 3.96. The Morgan fingerprint density at radius 2 is 2.00 bits per heavy atom. The summed E-state index contributed by atoms with van der Waals surface area (Å²) in [4.78, 5) is 21.9. The number of nitro benzene ring substituents is 1. The molecule has 0 bridgehead atoms. The summed E-state index contributed by atoms with van der Waals surface area (Å²) in [5.41, 5.74) is -0.0308. The lowest BCUT2D eigenvalue weighted by molar-refractivity contribution is -0.385. The fraction of sp³-hybridized carbons (Fsp3) is 0.533. The number of amides is 1. The number of nitro groups is 1. The summed E-state index contributed by atoms with van der Waals surface area (Å²) in [7, 11) is -3.63. The van der Waals surface area contributed by atoms with Gasteiger partial charge in [-0.1, -0.05) is 12.8 Å². The Morgan fingerprint density at radius 3 is 2.58 bits per heavy atom. The summed E-state index contributed by atoms with van der Waals surface area (Å²) in [5.74, 6) is -0.0859. The number of nitrogens with zero attached hydrogens (tertiary/aromatic N) is 1. The second kappa shape index (κ2) is 7.61. The van der Waals surface area contributed by atoms with E-state index in [1.165, 1.54) is 12.1 Å². The Hall–Kier alpha value is -2.16. The maximum absolute atomic E-state index is 11.9. The minimum Gasteiger partial charge on any atom is -0.383 e. The second-order valence-corrected chi connectivity index (χ2v) is 7.92. The minimum absolute atomic E-state index is 0.0859. The Labute approximate surface area is 140 Å². The van der Waals surface area contributed by atoms with Gasteiger partial charge in [-0.15, -0.1) is 0 Å². The highest BCUT2D eigenvalue weighted by atomic mass is 32.2. The quantitative estimate of drug-likeness (QED) is 0.569. The maximum atomic E-state index is 11.9. The van der Waals surface area contributed by atoms with Crippen LogP contribution in [0.1, 0.15) is 32.1 Å². The molecule has 0 saturated heterocycles. The monoisotopic (exact) mass is 355 g/mol. The van der Waals surface area contributed by atoms with E-state index < -0.39 is 14.8 Å². The average molecular weight is 355 g/mol. The van der Waals surface area contributed by atoms with Gasteiger partial charge in [0.05, 0.1) is 15.5 Å². The van der Waals surface area contributed by atoms with Crippen LogP contribution in [0.2, 0.25) is 0 Å². The lowest BCUT2D eigenvalue weighted by Crippen LogP contribution is -2.33. The molecule has 2 N–H and O–H groups in total. The summed E-state index contributed by atoms with van der Waals surface area (Å²) < 4.78 is 23.6. The molecule has 1 aliphatic rings. The summed E-state index contributed by atoms with van der Waals surface area (Å²) in [6.07, 6.45) is 5.45. The summed E-state index contributed by atoms with van der Waals surface area (Å²) >= 11 is 0. The zero-order chi connectivity index (χ0) is 17.7. The zero-order valence-corrected chi connectivity index (χ0v) is 14.3. The van der Waals surface area contributed by atoms with Crippen LogP contribution in [0.3, 0.4) is 0 Å². The van der Waals surface area contributed by atoms with Crippen molar-refractivity contribution in [1.82, 2.24) is 5.32 Å². The van der Waals surface area contributed by atoms with Crippen LogP contribution in [0.5, 0.6) is 0 Å². The molecule has 0 spiro atoms. The number of sulfone groups is 1. The first-order valence-electron chi connectivity index (χ1n) is 7.79. The highest BCUT2D eigenvalue weighted by Crippen LogP contribution is 2.26. The highest BCUT2D eigenvalue weighted by Gasteiger charge is 2.19. The third-order valence-corrected chi connectivity index (χ3v) is 5.10. The molecule has 0 unspecified atom stereocenters. The molecule has 1 fully saturated rings. The van der Waals surface area contributed by atoms with Gasteiger partial charge in [-0.05, 0) is 18.9 Å². The van der Waals surface area contributed by atoms with Crippen molar-refractivity contribution in [1.29, 1.82) is 0 Å². The number of nitrogens with one attached hydrogen (secondary N) is 2. The van der Waals surface area contributed by atoms with Gasteiger partial charge < -0.3 is 10.6 Å². The smallest absolute Gasteiger partial charge is 0.270 e. The third kappa shape index (κ3) is 4.92. The van der Waals surface area contributed by atoms with Crippen molar-refractivity contribution < 1.29 is 18.1 Å². The Kier molecular flexibility index (Phi) is 5.76. The van der Waals surface area contributed by atoms with Crippen molar-refractivity contribution in [3.05, 3.63) is 28.3 Å². The molecule has 2 rings (SSSR count). The number of carbonyl (C=O) groups is 1. The Balaban J connectivity index is 1.98.